The highest BCUT2D eigenvalue weighted by molar-refractivity contribution is 5.81. The zero-order valence-corrected chi connectivity index (χ0v) is 17.6. The molecule has 5 rings (SSSR count). The van der Waals surface area contributed by atoms with Gasteiger partial charge < -0.3 is 14.4 Å². The minimum absolute atomic E-state index is 0.178. The lowest BCUT2D eigenvalue weighted by molar-refractivity contribution is -0.144. The highest BCUT2D eigenvalue weighted by atomic mass is 16.5. The van der Waals surface area contributed by atoms with E-state index in [4.69, 9.17) is 9.47 Å². The summed E-state index contributed by atoms with van der Waals surface area (Å²) in [4.78, 5) is 15.3. The molecule has 1 amide bonds. The molecule has 1 saturated carbocycles. The number of carbonyl (C=O) groups is 1. The molecule has 2 aromatic carbocycles. The predicted molar refractivity (Wildman–Crippen MR) is 116 cm³/mol. The molecule has 1 heterocycles. The van der Waals surface area contributed by atoms with Crippen LogP contribution in [-0.4, -0.2) is 35.7 Å². The Balaban J connectivity index is 1.28. The lowest BCUT2D eigenvalue weighted by atomic mass is 10.1. The topological polar surface area (TPSA) is 38.8 Å². The van der Waals surface area contributed by atoms with Crippen LogP contribution in [0.25, 0.3) is 0 Å². The van der Waals surface area contributed by atoms with Gasteiger partial charge in [0.05, 0.1) is 0 Å². The standard InChI is InChI=1S/C26H31NO3/c28-26(25-13-6-14-29-25)27(22-10-3-4-11-22)18-19-7-5-12-23(15-19)30-24-16-20-8-1-2-9-21(20)17-24/h1-2,5,7-9,12,15,22,24-25H,3-4,6,10-11,13-14,16-18H2. The maximum Gasteiger partial charge on any atom is 0.252 e. The van der Waals surface area contributed by atoms with Gasteiger partial charge in [-0.3, -0.25) is 4.79 Å². The Hall–Kier alpha value is -2.33. The minimum Gasteiger partial charge on any atom is -0.490 e. The fraction of sp³-hybridized carbons (Fsp3) is 0.500. The molecule has 4 nitrogen and oxygen atoms in total. The molecule has 1 aliphatic heterocycles. The van der Waals surface area contributed by atoms with Gasteiger partial charge in [0.1, 0.15) is 18.0 Å². The Morgan fingerprint density at radius 1 is 0.967 bits per heavy atom. The number of fused-ring (bicyclic) bond motifs is 1. The first-order chi connectivity index (χ1) is 14.8. The van der Waals surface area contributed by atoms with E-state index in [9.17, 15) is 4.79 Å². The molecule has 0 bridgehead atoms. The van der Waals surface area contributed by atoms with Gasteiger partial charge in [-0.2, -0.15) is 0 Å². The summed E-state index contributed by atoms with van der Waals surface area (Å²) in [5, 5.41) is 0. The molecule has 30 heavy (non-hydrogen) atoms. The van der Waals surface area contributed by atoms with Gasteiger partial charge in [-0.05, 0) is 54.5 Å². The summed E-state index contributed by atoms with van der Waals surface area (Å²) in [5.74, 6) is 1.08. The molecule has 3 aliphatic rings. The highest BCUT2D eigenvalue weighted by Gasteiger charge is 2.33. The average molecular weight is 406 g/mol. The van der Waals surface area contributed by atoms with E-state index in [1.807, 2.05) is 6.07 Å². The number of ether oxygens (including phenoxy) is 2. The molecule has 1 atom stereocenters. The first-order valence-electron chi connectivity index (χ1n) is 11.5. The zero-order valence-electron chi connectivity index (χ0n) is 17.6. The summed E-state index contributed by atoms with van der Waals surface area (Å²) in [7, 11) is 0. The maximum atomic E-state index is 13.2. The van der Waals surface area contributed by atoms with Crippen LogP contribution in [-0.2, 0) is 28.9 Å². The van der Waals surface area contributed by atoms with Crippen LogP contribution in [0.1, 0.15) is 55.2 Å². The smallest absolute Gasteiger partial charge is 0.252 e. The number of carbonyl (C=O) groups excluding carboxylic acids is 1. The van der Waals surface area contributed by atoms with Crippen molar-refractivity contribution in [2.24, 2.45) is 0 Å². The van der Waals surface area contributed by atoms with Gasteiger partial charge in [-0.1, -0.05) is 49.2 Å². The summed E-state index contributed by atoms with van der Waals surface area (Å²) >= 11 is 0. The molecule has 0 aromatic heterocycles. The molecule has 1 unspecified atom stereocenters. The molecule has 2 aliphatic carbocycles. The van der Waals surface area contributed by atoms with Crippen molar-refractivity contribution in [2.75, 3.05) is 6.61 Å². The van der Waals surface area contributed by atoms with Crippen LogP contribution in [0.4, 0.5) is 0 Å². The van der Waals surface area contributed by atoms with Crippen molar-refractivity contribution >= 4 is 5.91 Å². The fourth-order valence-electron chi connectivity index (χ4n) is 5.27. The molecule has 2 aromatic rings. The largest absolute Gasteiger partial charge is 0.490 e. The molecule has 1 saturated heterocycles. The first kappa shape index (κ1) is 19.6. The SMILES string of the molecule is O=C(C1CCCO1)N(Cc1cccc(OC2Cc3ccccc3C2)c1)C1CCCC1. The summed E-state index contributed by atoms with van der Waals surface area (Å²) in [6.07, 6.45) is 8.35. The molecule has 4 heteroatoms. The number of hydrogen-bond donors (Lipinski definition) is 0. The van der Waals surface area contributed by atoms with E-state index in [1.165, 1.54) is 24.0 Å². The van der Waals surface area contributed by atoms with Crippen molar-refractivity contribution in [3.8, 4) is 5.75 Å². The van der Waals surface area contributed by atoms with Crippen LogP contribution >= 0.6 is 0 Å². The van der Waals surface area contributed by atoms with E-state index < -0.39 is 0 Å². The van der Waals surface area contributed by atoms with Gasteiger partial charge in [-0.25, -0.2) is 0 Å². The van der Waals surface area contributed by atoms with Gasteiger partial charge in [0, 0.05) is 32.0 Å². The molecule has 2 fully saturated rings. The molecule has 0 spiro atoms. The second-order valence-electron chi connectivity index (χ2n) is 8.97. The molecular weight excluding hydrogens is 374 g/mol. The van der Waals surface area contributed by atoms with Crippen LogP contribution in [0.15, 0.2) is 48.5 Å². The second-order valence-corrected chi connectivity index (χ2v) is 8.97. The quantitative estimate of drug-likeness (QED) is 0.700. The predicted octanol–water partition coefficient (Wildman–Crippen LogP) is 4.68. The normalized spacial score (nSPS) is 21.7. The van der Waals surface area contributed by atoms with E-state index in [-0.39, 0.29) is 18.1 Å². The van der Waals surface area contributed by atoms with Crippen LogP contribution in [0, 0.1) is 0 Å². The second kappa shape index (κ2) is 8.81. The van der Waals surface area contributed by atoms with E-state index in [0.717, 1.165) is 49.8 Å². The maximum absolute atomic E-state index is 13.2. The molecule has 158 valence electrons. The number of benzene rings is 2. The summed E-state index contributed by atoms with van der Waals surface area (Å²) < 4.78 is 12.1. The Kier molecular flexibility index (Phi) is 5.76. The lowest BCUT2D eigenvalue weighted by Crippen LogP contribution is -2.44. The number of rotatable bonds is 6. The van der Waals surface area contributed by atoms with Crippen LogP contribution in [0.2, 0.25) is 0 Å². The monoisotopic (exact) mass is 405 g/mol. The zero-order chi connectivity index (χ0) is 20.3. The van der Waals surface area contributed by atoms with Crippen molar-refractivity contribution in [1.29, 1.82) is 0 Å². The third-order valence-electron chi connectivity index (χ3n) is 6.82. The van der Waals surface area contributed by atoms with Crippen molar-refractivity contribution < 1.29 is 14.3 Å². The lowest BCUT2D eigenvalue weighted by Gasteiger charge is -2.31. The van der Waals surface area contributed by atoms with Crippen LogP contribution in [0.5, 0.6) is 5.75 Å². The van der Waals surface area contributed by atoms with E-state index in [0.29, 0.717) is 19.2 Å². The average Bonchev–Trinajstić information content (AvgIpc) is 3.53. The highest BCUT2D eigenvalue weighted by Crippen LogP contribution is 2.29. The molecule has 0 N–H and O–H groups in total. The Morgan fingerprint density at radius 2 is 1.73 bits per heavy atom. The Bertz CT molecular complexity index is 858. The van der Waals surface area contributed by atoms with Crippen molar-refractivity contribution in [2.45, 2.75) is 76.2 Å². The van der Waals surface area contributed by atoms with Crippen molar-refractivity contribution in [1.82, 2.24) is 4.90 Å². The Labute approximate surface area is 179 Å². The van der Waals surface area contributed by atoms with Gasteiger partial charge in [0.25, 0.3) is 5.91 Å². The van der Waals surface area contributed by atoms with E-state index >= 15 is 0 Å². The molecular formula is C26H31NO3. The van der Waals surface area contributed by atoms with Crippen molar-refractivity contribution in [3.63, 3.8) is 0 Å². The first-order valence-corrected chi connectivity index (χ1v) is 11.5. The number of hydrogen-bond acceptors (Lipinski definition) is 3. The van der Waals surface area contributed by atoms with E-state index in [2.05, 4.69) is 47.4 Å². The summed E-state index contributed by atoms with van der Waals surface area (Å²) in [6.45, 7) is 1.35. The van der Waals surface area contributed by atoms with E-state index in [1.54, 1.807) is 0 Å². The van der Waals surface area contributed by atoms with Gasteiger partial charge in [0.15, 0.2) is 0 Å². The number of amides is 1. The Morgan fingerprint density at radius 3 is 2.43 bits per heavy atom. The third kappa shape index (κ3) is 4.24. The van der Waals surface area contributed by atoms with Gasteiger partial charge >= 0.3 is 0 Å². The van der Waals surface area contributed by atoms with Gasteiger partial charge in [0.2, 0.25) is 0 Å². The minimum atomic E-state index is -0.248. The third-order valence-corrected chi connectivity index (χ3v) is 6.82. The summed E-state index contributed by atoms with van der Waals surface area (Å²) in [5.41, 5.74) is 3.93. The number of nitrogens with zero attached hydrogens (tertiary/aromatic N) is 1. The molecule has 0 radical (unpaired) electrons. The van der Waals surface area contributed by atoms with Crippen LogP contribution in [0.3, 0.4) is 0 Å². The summed E-state index contributed by atoms with van der Waals surface area (Å²) in [6, 6.07) is 17.3. The fourth-order valence-corrected chi connectivity index (χ4v) is 5.27. The van der Waals surface area contributed by atoms with Crippen molar-refractivity contribution in [3.05, 3.63) is 65.2 Å². The van der Waals surface area contributed by atoms with Gasteiger partial charge in [-0.15, -0.1) is 0 Å². The van der Waals surface area contributed by atoms with Crippen LogP contribution < -0.4 is 4.74 Å².